The van der Waals surface area contributed by atoms with Gasteiger partial charge in [-0.25, -0.2) is 4.39 Å². The predicted molar refractivity (Wildman–Crippen MR) is 88.1 cm³/mol. The topological polar surface area (TPSA) is 49.4 Å². The SMILES string of the molecule is Cc1ccc(NC(=O)C2CCCN2C(=O)c2cccs2)cc1F. The number of amides is 2. The molecule has 2 aromatic rings. The average Bonchev–Trinajstić information content (AvgIpc) is 3.21. The fourth-order valence-corrected chi connectivity index (χ4v) is 3.40. The molecule has 1 saturated heterocycles. The molecule has 3 rings (SSSR count). The summed E-state index contributed by atoms with van der Waals surface area (Å²) >= 11 is 1.37. The Morgan fingerprint density at radius 3 is 2.87 bits per heavy atom. The Kier molecular flexibility index (Phi) is 4.43. The first kappa shape index (κ1) is 15.7. The number of hydrogen-bond donors (Lipinski definition) is 1. The van der Waals surface area contributed by atoms with Crippen molar-refractivity contribution < 1.29 is 14.0 Å². The molecule has 0 aliphatic carbocycles. The van der Waals surface area contributed by atoms with Crippen molar-refractivity contribution in [1.82, 2.24) is 4.90 Å². The molecular weight excluding hydrogens is 315 g/mol. The minimum absolute atomic E-state index is 0.118. The number of likely N-dealkylation sites (tertiary alicyclic amines) is 1. The summed E-state index contributed by atoms with van der Waals surface area (Å²) in [5.74, 6) is -0.746. The van der Waals surface area contributed by atoms with E-state index in [1.165, 1.54) is 17.4 Å². The van der Waals surface area contributed by atoms with Crippen molar-refractivity contribution in [2.45, 2.75) is 25.8 Å². The molecule has 1 unspecified atom stereocenters. The highest BCUT2D eigenvalue weighted by Crippen LogP contribution is 2.23. The molecule has 0 radical (unpaired) electrons. The van der Waals surface area contributed by atoms with Crippen LogP contribution in [0.5, 0.6) is 0 Å². The van der Waals surface area contributed by atoms with Gasteiger partial charge in [0.15, 0.2) is 0 Å². The van der Waals surface area contributed by atoms with E-state index in [4.69, 9.17) is 0 Å². The van der Waals surface area contributed by atoms with E-state index >= 15 is 0 Å². The number of nitrogens with one attached hydrogen (secondary N) is 1. The second-order valence-corrected chi connectivity index (χ2v) is 6.53. The Morgan fingerprint density at radius 2 is 2.17 bits per heavy atom. The Balaban J connectivity index is 1.73. The van der Waals surface area contributed by atoms with Gasteiger partial charge in [0.05, 0.1) is 4.88 Å². The van der Waals surface area contributed by atoms with Crippen molar-refractivity contribution in [2.24, 2.45) is 0 Å². The van der Waals surface area contributed by atoms with Crippen molar-refractivity contribution in [3.05, 3.63) is 52.0 Å². The van der Waals surface area contributed by atoms with Crippen LogP contribution in [0.25, 0.3) is 0 Å². The van der Waals surface area contributed by atoms with Crippen LogP contribution >= 0.6 is 11.3 Å². The fourth-order valence-electron chi connectivity index (χ4n) is 2.72. The van der Waals surface area contributed by atoms with E-state index in [9.17, 15) is 14.0 Å². The number of nitrogens with zero attached hydrogens (tertiary/aromatic N) is 1. The third kappa shape index (κ3) is 3.27. The van der Waals surface area contributed by atoms with Gasteiger partial charge in [0.25, 0.3) is 5.91 Å². The van der Waals surface area contributed by atoms with Crippen LogP contribution in [-0.4, -0.2) is 29.3 Å². The third-order valence-electron chi connectivity index (χ3n) is 3.99. The maximum atomic E-state index is 13.6. The minimum Gasteiger partial charge on any atom is -0.326 e. The smallest absolute Gasteiger partial charge is 0.264 e. The lowest BCUT2D eigenvalue weighted by molar-refractivity contribution is -0.119. The minimum atomic E-state index is -0.506. The highest BCUT2D eigenvalue weighted by molar-refractivity contribution is 7.12. The largest absolute Gasteiger partial charge is 0.326 e. The number of benzene rings is 1. The van der Waals surface area contributed by atoms with E-state index in [1.54, 1.807) is 30.0 Å². The summed E-state index contributed by atoms with van der Waals surface area (Å²) in [6.07, 6.45) is 1.41. The van der Waals surface area contributed by atoms with E-state index < -0.39 is 6.04 Å². The maximum absolute atomic E-state index is 13.6. The van der Waals surface area contributed by atoms with E-state index in [0.717, 1.165) is 6.42 Å². The molecule has 0 spiro atoms. The van der Waals surface area contributed by atoms with Crippen LogP contribution in [0.2, 0.25) is 0 Å². The molecule has 0 saturated carbocycles. The number of carbonyl (C=O) groups excluding carboxylic acids is 2. The monoisotopic (exact) mass is 332 g/mol. The Labute approximate surface area is 137 Å². The molecule has 4 nitrogen and oxygen atoms in total. The van der Waals surface area contributed by atoms with Gasteiger partial charge in [0.1, 0.15) is 11.9 Å². The average molecular weight is 332 g/mol. The Hall–Kier alpha value is -2.21. The summed E-state index contributed by atoms with van der Waals surface area (Å²) in [7, 11) is 0. The number of aryl methyl sites for hydroxylation is 1. The first-order valence-corrected chi connectivity index (χ1v) is 8.36. The van der Waals surface area contributed by atoms with Crippen LogP contribution in [-0.2, 0) is 4.79 Å². The van der Waals surface area contributed by atoms with Crippen molar-refractivity contribution in [2.75, 3.05) is 11.9 Å². The molecular formula is C17H17FN2O2S. The zero-order valence-electron chi connectivity index (χ0n) is 12.7. The number of carbonyl (C=O) groups is 2. The lowest BCUT2D eigenvalue weighted by Gasteiger charge is -2.23. The zero-order valence-corrected chi connectivity index (χ0v) is 13.5. The fraction of sp³-hybridized carbons (Fsp3) is 0.294. The van der Waals surface area contributed by atoms with Gasteiger partial charge in [-0.15, -0.1) is 11.3 Å². The predicted octanol–water partition coefficient (Wildman–Crippen LogP) is 3.44. The number of anilines is 1. The van der Waals surface area contributed by atoms with Gasteiger partial charge < -0.3 is 10.2 Å². The quantitative estimate of drug-likeness (QED) is 0.936. The molecule has 2 amide bonds. The van der Waals surface area contributed by atoms with E-state index in [-0.39, 0.29) is 17.6 Å². The molecule has 120 valence electrons. The summed E-state index contributed by atoms with van der Waals surface area (Å²) in [5, 5.41) is 4.55. The van der Waals surface area contributed by atoms with Gasteiger partial charge in [-0.05, 0) is 48.9 Å². The standard InChI is InChI=1S/C17H17FN2O2S/c1-11-6-7-12(10-13(11)18)19-16(21)14-4-2-8-20(14)17(22)15-5-3-9-23-15/h3,5-7,9-10,14H,2,4,8H2,1H3,(H,19,21). The normalized spacial score (nSPS) is 17.3. The van der Waals surface area contributed by atoms with Crippen LogP contribution in [0.3, 0.4) is 0 Å². The van der Waals surface area contributed by atoms with Crippen molar-refractivity contribution in [3.63, 3.8) is 0 Å². The first-order chi connectivity index (χ1) is 11.1. The molecule has 1 aliphatic heterocycles. The molecule has 23 heavy (non-hydrogen) atoms. The van der Waals surface area contributed by atoms with E-state index in [0.29, 0.717) is 29.1 Å². The molecule has 1 aromatic carbocycles. The first-order valence-electron chi connectivity index (χ1n) is 7.48. The molecule has 1 fully saturated rings. The summed E-state index contributed by atoms with van der Waals surface area (Å²) in [5.41, 5.74) is 0.937. The van der Waals surface area contributed by atoms with Crippen LogP contribution in [0.1, 0.15) is 28.1 Å². The molecule has 1 aliphatic rings. The highest BCUT2D eigenvalue weighted by atomic mass is 32.1. The van der Waals surface area contributed by atoms with Crippen LogP contribution in [0, 0.1) is 12.7 Å². The molecule has 1 atom stereocenters. The van der Waals surface area contributed by atoms with Gasteiger partial charge in [0, 0.05) is 12.2 Å². The molecule has 0 bridgehead atoms. The van der Waals surface area contributed by atoms with E-state index in [1.807, 2.05) is 11.4 Å². The second kappa shape index (κ2) is 6.50. The van der Waals surface area contributed by atoms with Crippen LogP contribution in [0.15, 0.2) is 35.7 Å². The number of halogens is 1. The lowest BCUT2D eigenvalue weighted by Crippen LogP contribution is -2.42. The van der Waals surface area contributed by atoms with Gasteiger partial charge in [0.2, 0.25) is 5.91 Å². The summed E-state index contributed by atoms with van der Waals surface area (Å²) in [4.78, 5) is 27.2. The van der Waals surface area contributed by atoms with Gasteiger partial charge in [-0.2, -0.15) is 0 Å². The molecule has 2 heterocycles. The summed E-state index contributed by atoms with van der Waals surface area (Å²) < 4.78 is 13.6. The van der Waals surface area contributed by atoms with Gasteiger partial charge >= 0.3 is 0 Å². The zero-order chi connectivity index (χ0) is 16.4. The maximum Gasteiger partial charge on any atom is 0.264 e. The van der Waals surface area contributed by atoms with Crippen molar-refractivity contribution in [1.29, 1.82) is 0 Å². The molecule has 6 heteroatoms. The van der Waals surface area contributed by atoms with E-state index in [2.05, 4.69) is 5.32 Å². The number of thiophene rings is 1. The van der Waals surface area contributed by atoms with Crippen molar-refractivity contribution in [3.8, 4) is 0 Å². The van der Waals surface area contributed by atoms with Gasteiger partial charge in [-0.1, -0.05) is 12.1 Å². The molecule has 1 N–H and O–H groups in total. The summed E-state index contributed by atoms with van der Waals surface area (Å²) in [6, 6.07) is 7.65. The highest BCUT2D eigenvalue weighted by Gasteiger charge is 2.34. The van der Waals surface area contributed by atoms with Gasteiger partial charge in [-0.3, -0.25) is 9.59 Å². The second-order valence-electron chi connectivity index (χ2n) is 5.59. The lowest BCUT2D eigenvalue weighted by atomic mass is 10.1. The van der Waals surface area contributed by atoms with Crippen molar-refractivity contribution >= 4 is 28.8 Å². The number of rotatable bonds is 3. The van der Waals surface area contributed by atoms with Crippen LogP contribution in [0.4, 0.5) is 10.1 Å². The Bertz CT molecular complexity index is 730. The number of hydrogen-bond acceptors (Lipinski definition) is 3. The molecule has 1 aromatic heterocycles. The van der Waals surface area contributed by atoms with Crippen LogP contribution < -0.4 is 5.32 Å². The summed E-state index contributed by atoms with van der Waals surface area (Å²) in [6.45, 7) is 2.23. The third-order valence-corrected chi connectivity index (χ3v) is 4.85. The Morgan fingerprint density at radius 1 is 1.35 bits per heavy atom.